The second kappa shape index (κ2) is 8.04. The number of carbonyl (C=O) groups is 1. The molecule has 2 atom stereocenters. The zero-order chi connectivity index (χ0) is 20.4. The van der Waals surface area contributed by atoms with Gasteiger partial charge >= 0.3 is 0 Å². The van der Waals surface area contributed by atoms with Crippen molar-refractivity contribution in [2.75, 3.05) is 11.9 Å². The van der Waals surface area contributed by atoms with Crippen molar-refractivity contribution < 1.29 is 13.9 Å². The van der Waals surface area contributed by atoms with Crippen LogP contribution in [0.4, 0.5) is 16.0 Å². The van der Waals surface area contributed by atoms with E-state index in [-0.39, 0.29) is 29.4 Å². The maximum absolute atomic E-state index is 14.4. The summed E-state index contributed by atoms with van der Waals surface area (Å²) >= 11 is 0. The number of ether oxygens (including phenoxy) is 1. The van der Waals surface area contributed by atoms with E-state index in [1.165, 1.54) is 13.1 Å². The summed E-state index contributed by atoms with van der Waals surface area (Å²) in [6.07, 6.45) is 7.62. The zero-order valence-electron chi connectivity index (χ0n) is 16.1. The van der Waals surface area contributed by atoms with Crippen LogP contribution in [0.25, 0.3) is 11.4 Å². The average Bonchev–Trinajstić information content (AvgIpc) is 3.20. The summed E-state index contributed by atoms with van der Waals surface area (Å²) in [4.78, 5) is 31.4. The summed E-state index contributed by atoms with van der Waals surface area (Å²) in [5.41, 5.74) is 1.60. The van der Waals surface area contributed by atoms with Gasteiger partial charge in [0.1, 0.15) is 11.5 Å². The standard InChI is InChI=1S/C20H21FN6O2/c1-11-5-13(3-4-29-11)19-23-10-17(26-19)18-16(21)9-24-20(27-18)25-15-6-14(12(2)28)7-22-8-15/h6-11,13H,3-5H2,1-2H3,(H,23,26)(H,24,25,27). The van der Waals surface area contributed by atoms with Gasteiger partial charge in [0.2, 0.25) is 5.95 Å². The van der Waals surface area contributed by atoms with Crippen molar-refractivity contribution in [3.63, 3.8) is 0 Å². The number of rotatable bonds is 5. The predicted molar refractivity (Wildman–Crippen MR) is 104 cm³/mol. The topological polar surface area (TPSA) is 106 Å². The smallest absolute Gasteiger partial charge is 0.228 e. The number of nitrogens with one attached hydrogen (secondary N) is 2. The lowest BCUT2D eigenvalue weighted by molar-refractivity contribution is 0.0174. The van der Waals surface area contributed by atoms with Crippen molar-refractivity contribution in [3.05, 3.63) is 48.1 Å². The number of carbonyl (C=O) groups excluding carboxylic acids is 1. The van der Waals surface area contributed by atoms with E-state index in [2.05, 4.69) is 30.2 Å². The highest BCUT2D eigenvalue weighted by atomic mass is 19.1. The van der Waals surface area contributed by atoms with Crippen molar-refractivity contribution >= 4 is 17.4 Å². The Kier molecular flexibility index (Phi) is 5.30. The highest BCUT2D eigenvalue weighted by Gasteiger charge is 2.24. The van der Waals surface area contributed by atoms with Gasteiger partial charge in [-0.25, -0.2) is 19.3 Å². The van der Waals surface area contributed by atoms with Gasteiger partial charge in [0.05, 0.1) is 36.1 Å². The Balaban J connectivity index is 1.58. The number of H-pyrrole nitrogens is 1. The van der Waals surface area contributed by atoms with Gasteiger partial charge in [0.15, 0.2) is 11.6 Å². The molecule has 2 unspecified atom stereocenters. The Bertz CT molecular complexity index is 1040. The quantitative estimate of drug-likeness (QED) is 0.634. The van der Waals surface area contributed by atoms with E-state index in [9.17, 15) is 9.18 Å². The van der Waals surface area contributed by atoms with Crippen LogP contribution in [-0.4, -0.2) is 43.4 Å². The number of hydrogen-bond acceptors (Lipinski definition) is 7. The number of halogens is 1. The Morgan fingerprint density at radius 2 is 2.14 bits per heavy atom. The zero-order valence-corrected chi connectivity index (χ0v) is 16.1. The lowest BCUT2D eigenvalue weighted by Gasteiger charge is -2.25. The molecular formula is C20H21FN6O2. The number of Topliss-reactive ketones (excluding diaryl/α,β-unsaturated/α-hetero) is 1. The molecule has 3 aromatic heterocycles. The lowest BCUT2D eigenvalue weighted by Crippen LogP contribution is -2.22. The van der Waals surface area contributed by atoms with Crippen LogP contribution in [0.2, 0.25) is 0 Å². The summed E-state index contributed by atoms with van der Waals surface area (Å²) in [5.74, 6) is 0.590. The molecule has 0 spiro atoms. The Labute approximate surface area is 167 Å². The van der Waals surface area contributed by atoms with Gasteiger partial charge in [-0.05, 0) is 32.8 Å². The van der Waals surface area contributed by atoms with E-state index in [4.69, 9.17) is 4.74 Å². The molecule has 29 heavy (non-hydrogen) atoms. The molecule has 0 saturated carbocycles. The minimum atomic E-state index is -0.554. The second-order valence-corrected chi connectivity index (χ2v) is 7.12. The van der Waals surface area contributed by atoms with E-state index < -0.39 is 5.82 Å². The highest BCUT2D eigenvalue weighted by Crippen LogP contribution is 2.30. The number of nitrogens with zero attached hydrogens (tertiary/aromatic N) is 4. The SMILES string of the molecule is CC(=O)c1cncc(Nc2ncc(F)c(-c3cnc(C4CCOC(C)C4)[nH]3)n2)c1. The summed E-state index contributed by atoms with van der Waals surface area (Å²) in [5, 5.41) is 2.96. The largest absolute Gasteiger partial charge is 0.378 e. The molecule has 8 nitrogen and oxygen atoms in total. The van der Waals surface area contributed by atoms with Crippen molar-refractivity contribution in [1.82, 2.24) is 24.9 Å². The normalized spacial score (nSPS) is 19.1. The van der Waals surface area contributed by atoms with Crippen LogP contribution in [0.5, 0.6) is 0 Å². The molecule has 3 aromatic rings. The van der Waals surface area contributed by atoms with Crippen LogP contribution >= 0.6 is 0 Å². The number of pyridine rings is 1. The van der Waals surface area contributed by atoms with Crippen molar-refractivity contribution in [2.24, 2.45) is 0 Å². The molecule has 1 aliphatic rings. The molecule has 2 N–H and O–H groups in total. The second-order valence-electron chi connectivity index (χ2n) is 7.12. The number of hydrogen-bond donors (Lipinski definition) is 2. The highest BCUT2D eigenvalue weighted by molar-refractivity contribution is 5.94. The third kappa shape index (κ3) is 4.29. The fourth-order valence-electron chi connectivity index (χ4n) is 3.36. The van der Waals surface area contributed by atoms with Crippen LogP contribution in [-0.2, 0) is 4.74 Å². The summed E-state index contributed by atoms with van der Waals surface area (Å²) < 4.78 is 20.0. The van der Waals surface area contributed by atoms with Crippen molar-refractivity contribution in [2.45, 2.75) is 38.7 Å². The molecule has 4 rings (SSSR count). The van der Waals surface area contributed by atoms with Crippen LogP contribution in [0, 0.1) is 5.82 Å². The third-order valence-electron chi connectivity index (χ3n) is 4.87. The van der Waals surface area contributed by atoms with Gasteiger partial charge in [-0.2, -0.15) is 0 Å². The fraction of sp³-hybridized carbons (Fsp3) is 0.350. The van der Waals surface area contributed by atoms with E-state index in [1.807, 2.05) is 6.92 Å². The van der Waals surface area contributed by atoms with E-state index in [1.54, 1.807) is 18.5 Å². The van der Waals surface area contributed by atoms with Gasteiger partial charge < -0.3 is 15.0 Å². The van der Waals surface area contributed by atoms with Crippen LogP contribution in [0.1, 0.15) is 48.8 Å². The summed E-state index contributed by atoms with van der Waals surface area (Å²) in [6.45, 7) is 4.18. The molecule has 4 heterocycles. The first-order valence-electron chi connectivity index (χ1n) is 9.42. The maximum atomic E-state index is 14.4. The first-order valence-corrected chi connectivity index (χ1v) is 9.42. The molecule has 0 aromatic carbocycles. The van der Waals surface area contributed by atoms with E-state index >= 15 is 0 Å². The molecule has 0 bridgehead atoms. The molecule has 9 heteroatoms. The number of aromatic amines is 1. The number of imidazole rings is 1. The average molecular weight is 396 g/mol. The van der Waals surface area contributed by atoms with Crippen LogP contribution in [0.3, 0.4) is 0 Å². The molecule has 1 saturated heterocycles. The lowest BCUT2D eigenvalue weighted by atomic mass is 9.96. The van der Waals surface area contributed by atoms with Crippen LogP contribution < -0.4 is 5.32 Å². The maximum Gasteiger partial charge on any atom is 0.228 e. The Hall–Kier alpha value is -3.20. The molecule has 0 aliphatic carbocycles. The van der Waals surface area contributed by atoms with Gasteiger partial charge in [-0.15, -0.1) is 0 Å². The molecular weight excluding hydrogens is 375 g/mol. The van der Waals surface area contributed by atoms with Gasteiger partial charge in [0, 0.05) is 24.3 Å². The first-order chi connectivity index (χ1) is 14.0. The number of aromatic nitrogens is 5. The third-order valence-corrected chi connectivity index (χ3v) is 4.87. The van der Waals surface area contributed by atoms with Crippen molar-refractivity contribution in [1.29, 1.82) is 0 Å². The molecule has 150 valence electrons. The van der Waals surface area contributed by atoms with E-state index in [0.717, 1.165) is 24.9 Å². The van der Waals surface area contributed by atoms with Crippen LogP contribution in [0.15, 0.2) is 30.9 Å². The molecule has 0 radical (unpaired) electrons. The molecule has 1 fully saturated rings. The molecule has 0 amide bonds. The first kappa shape index (κ1) is 19.1. The van der Waals surface area contributed by atoms with Gasteiger partial charge in [0.25, 0.3) is 0 Å². The Morgan fingerprint density at radius 3 is 2.93 bits per heavy atom. The van der Waals surface area contributed by atoms with E-state index in [0.29, 0.717) is 23.6 Å². The van der Waals surface area contributed by atoms with Gasteiger partial charge in [-0.1, -0.05) is 0 Å². The number of ketones is 1. The number of anilines is 2. The monoisotopic (exact) mass is 396 g/mol. The predicted octanol–water partition coefficient (Wildman–Crippen LogP) is 3.63. The Morgan fingerprint density at radius 1 is 1.28 bits per heavy atom. The summed E-state index contributed by atoms with van der Waals surface area (Å²) in [7, 11) is 0. The minimum Gasteiger partial charge on any atom is -0.378 e. The van der Waals surface area contributed by atoms with Crippen molar-refractivity contribution in [3.8, 4) is 11.4 Å². The minimum absolute atomic E-state index is 0.103. The fourth-order valence-corrected chi connectivity index (χ4v) is 3.36. The molecule has 1 aliphatic heterocycles. The van der Waals surface area contributed by atoms with Gasteiger partial charge in [-0.3, -0.25) is 9.78 Å². The summed E-state index contributed by atoms with van der Waals surface area (Å²) in [6, 6.07) is 1.64.